The number of rotatable bonds is 1. The van der Waals surface area contributed by atoms with Crippen LogP contribution < -0.4 is 5.32 Å². The van der Waals surface area contributed by atoms with Crippen molar-refractivity contribution in [1.29, 1.82) is 0 Å². The van der Waals surface area contributed by atoms with Crippen molar-refractivity contribution >= 4 is 11.6 Å². The van der Waals surface area contributed by atoms with Crippen LogP contribution in [-0.2, 0) is 6.42 Å². The van der Waals surface area contributed by atoms with Crippen LogP contribution in [0.3, 0.4) is 0 Å². The molecule has 0 radical (unpaired) electrons. The van der Waals surface area contributed by atoms with Crippen LogP contribution in [0, 0.1) is 0 Å². The van der Waals surface area contributed by atoms with Gasteiger partial charge < -0.3 is 10.2 Å². The van der Waals surface area contributed by atoms with E-state index in [-0.39, 0.29) is 5.91 Å². The summed E-state index contributed by atoms with van der Waals surface area (Å²) >= 11 is 0. The highest BCUT2D eigenvalue weighted by molar-refractivity contribution is 5.97. The van der Waals surface area contributed by atoms with Gasteiger partial charge in [-0.15, -0.1) is 0 Å². The minimum absolute atomic E-state index is 0.0885. The molecule has 1 aromatic carbocycles. The number of anilines is 1. The molecule has 0 fully saturated rings. The van der Waals surface area contributed by atoms with Gasteiger partial charge in [-0.25, -0.2) is 0 Å². The van der Waals surface area contributed by atoms with E-state index < -0.39 is 0 Å². The fourth-order valence-corrected chi connectivity index (χ4v) is 1.79. The van der Waals surface area contributed by atoms with Crippen molar-refractivity contribution in [2.75, 3.05) is 26.0 Å². The normalized spacial score (nSPS) is 13.3. The van der Waals surface area contributed by atoms with Gasteiger partial charge in [-0.2, -0.15) is 0 Å². The molecule has 1 N–H and O–H groups in total. The molecule has 1 aliphatic heterocycles. The molecule has 0 aromatic heterocycles. The molecule has 1 aromatic rings. The summed E-state index contributed by atoms with van der Waals surface area (Å²) in [5.74, 6) is 0.0885. The fourth-order valence-electron chi connectivity index (χ4n) is 1.79. The standard InChI is InChI=1S/C11H14N2O/c1-13(2)11(14)9-4-3-5-10-8(9)6-7-12-10/h3-5,12H,6-7H2,1-2H3. The lowest BCUT2D eigenvalue weighted by atomic mass is 10.0. The Morgan fingerprint density at radius 3 is 2.93 bits per heavy atom. The maximum atomic E-state index is 11.8. The van der Waals surface area contributed by atoms with E-state index in [0.717, 1.165) is 29.8 Å². The SMILES string of the molecule is CN(C)C(=O)c1cccc2c1CCN2. The van der Waals surface area contributed by atoms with Crippen molar-refractivity contribution in [3.05, 3.63) is 29.3 Å². The Hall–Kier alpha value is -1.51. The predicted molar refractivity (Wildman–Crippen MR) is 56.7 cm³/mol. The van der Waals surface area contributed by atoms with Gasteiger partial charge in [-0.3, -0.25) is 4.79 Å². The van der Waals surface area contributed by atoms with Gasteiger partial charge in [0.25, 0.3) is 5.91 Å². The number of hydrogen-bond acceptors (Lipinski definition) is 2. The smallest absolute Gasteiger partial charge is 0.253 e. The third-order valence-electron chi connectivity index (χ3n) is 2.50. The van der Waals surface area contributed by atoms with Crippen LogP contribution >= 0.6 is 0 Å². The van der Waals surface area contributed by atoms with Gasteiger partial charge in [0.15, 0.2) is 0 Å². The van der Waals surface area contributed by atoms with E-state index in [1.165, 1.54) is 0 Å². The van der Waals surface area contributed by atoms with Crippen LogP contribution in [-0.4, -0.2) is 31.4 Å². The van der Waals surface area contributed by atoms with Crippen LogP contribution in [0.2, 0.25) is 0 Å². The highest BCUT2D eigenvalue weighted by atomic mass is 16.2. The Kier molecular flexibility index (Phi) is 2.15. The van der Waals surface area contributed by atoms with Crippen LogP contribution in [0.5, 0.6) is 0 Å². The zero-order valence-corrected chi connectivity index (χ0v) is 8.50. The summed E-state index contributed by atoms with van der Waals surface area (Å²) in [7, 11) is 3.56. The number of fused-ring (bicyclic) bond motifs is 1. The van der Waals surface area contributed by atoms with Gasteiger partial charge in [0.2, 0.25) is 0 Å². The minimum atomic E-state index is 0.0885. The number of amides is 1. The summed E-state index contributed by atoms with van der Waals surface area (Å²) in [5.41, 5.74) is 3.10. The van der Waals surface area contributed by atoms with Crippen molar-refractivity contribution in [2.45, 2.75) is 6.42 Å². The van der Waals surface area contributed by atoms with Crippen molar-refractivity contribution in [2.24, 2.45) is 0 Å². The number of nitrogens with one attached hydrogen (secondary N) is 1. The van der Waals surface area contributed by atoms with Crippen molar-refractivity contribution in [3.63, 3.8) is 0 Å². The van der Waals surface area contributed by atoms with Crippen LogP contribution in [0.25, 0.3) is 0 Å². The van der Waals surface area contributed by atoms with E-state index >= 15 is 0 Å². The zero-order chi connectivity index (χ0) is 10.1. The average Bonchev–Trinajstić information content (AvgIpc) is 2.63. The summed E-state index contributed by atoms with van der Waals surface area (Å²) in [6, 6.07) is 5.84. The monoisotopic (exact) mass is 190 g/mol. The first-order valence-corrected chi connectivity index (χ1v) is 4.77. The van der Waals surface area contributed by atoms with Crippen molar-refractivity contribution < 1.29 is 4.79 Å². The van der Waals surface area contributed by atoms with Gasteiger partial charge in [-0.1, -0.05) is 6.07 Å². The second-order valence-electron chi connectivity index (χ2n) is 3.71. The largest absolute Gasteiger partial charge is 0.384 e. The van der Waals surface area contributed by atoms with E-state index in [0.29, 0.717) is 0 Å². The highest BCUT2D eigenvalue weighted by Crippen LogP contribution is 2.25. The Morgan fingerprint density at radius 1 is 1.43 bits per heavy atom. The molecule has 2 rings (SSSR count). The first-order chi connectivity index (χ1) is 6.70. The molecule has 14 heavy (non-hydrogen) atoms. The quantitative estimate of drug-likeness (QED) is 0.725. The molecule has 74 valence electrons. The summed E-state index contributed by atoms with van der Waals surface area (Å²) in [6.45, 7) is 0.938. The molecule has 0 saturated heterocycles. The first-order valence-electron chi connectivity index (χ1n) is 4.77. The van der Waals surface area contributed by atoms with Gasteiger partial charge >= 0.3 is 0 Å². The van der Waals surface area contributed by atoms with Gasteiger partial charge in [0.05, 0.1) is 0 Å². The van der Waals surface area contributed by atoms with Crippen LogP contribution in [0.4, 0.5) is 5.69 Å². The highest BCUT2D eigenvalue weighted by Gasteiger charge is 2.18. The molecule has 0 atom stereocenters. The molecular formula is C11H14N2O. The second-order valence-corrected chi connectivity index (χ2v) is 3.71. The van der Waals surface area contributed by atoms with Crippen LogP contribution in [0.1, 0.15) is 15.9 Å². The Balaban J connectivity index is 2.44. The average molecular weight is 190 g/mol. The lowest BCUT2D eigenvalue weighted by Gasteiger charge is -2.12. The molecule has 0 aliphatic carbocycles. The van der Waals surface area contributed by atoms with E-state index in [1.54, 1.807) is 19.0 Å². The zero-order valence-electron chi connectivity index (χ0n) is 8.50. The maximum Gasteiger partial charge on any atom is 0.253 e. The molecule has 1 aliphatic rings. The molecular weight excluding hydrogens is 176 g/mol. The Labute approximate surface area is 83.7 Å². The third-order valence-corrected chi connectivity index (χ3v) is 2.50. The summed E-state index contributed by atoms with van der Waals surface area (Å²) in [4.78, 5) is 13.4. The molecule has 0 spiro atoms. The number of nitrogens with zero attached hydrogens (tertiary/aromatic N) is 1. The summed E-state index contributed by atoms with van der Waals surface area (Å²) in [6.07, 6.45) is 0.949. The second kappa shape index (κ2) is 3.33. The topological polar surface area (TPSA) is 32.3 Å². The van der Waals surface area contributed by atoms with E-state index in [2.05, 4.69) is 5.32 Å². The van der Waals surface area contributed by atoms with Crippen molar-refractivity contribution in [3.8, 4) is 0 Å². The maximum absolute atomic E-state index is 11.8. The number of benzene rings is 1. The predicted octanol–water partition coefficient (Wildman–Crippen LogP) is 1.36. The number of carbonyl (C=O) groups excluding carboxylic acids is 1. The fraction of sp³-hybridized carbons (Fsp3) is 0.364. The summed E-state index contributed by atoms with van der Waals surface area (Å²) in [5, 5.41) is 3.26. The Morgan fingerprint density at radius 2 is 2.21 bits per heavy atom. The van der Waals surface area contributed by atoms with E-state index in [9.17, 15) is 4.79 Å². The molecule has 1 heterocycles. The lowest BCUT2D eigenvalue weighted by Crippen LogP contribution is -2.22. The Bertz CT molecular complexity index is 372. The number of carbonyl (C=O) groups is 1. The lowest BCUT2D eigenvalue weighted by molar-refractivity contribution is 0.0827. The molecule has 0 unspecified atom stereocenters. The van der Waals surface area contributed by atoms with Crippen molar-refractivity contribution in [1.82, 2.24) is 4.90 Å². The van der Waals surface area contributed by atoms with E-state index in [4.69, 9.17) is 0 Å². The van der Waals surface area contributed by atoms with Gasteiger partial charge in [0, 0.05) is 31.9 Å². The van der Waals surface area contributed by atoms with Gasteiger partial charge in [-0.05, 0) is 24.1 Å². The first kappa shape index (κ1) is 9.06. The van der Waals surface area contributed by atoms with Crippen LogP contribution in [0.15, 0.2) is 18.2 Å². The van der Waals surface area contributed by atoms with Gasteiger partial charge in [0.1, 0.15) is 0 Å². The third kappa shape index (κ3) is 1.35. The minimum Gasteiger partial charge on any atom is -0.384 e. The molecule has 3 nitrogen and oxygen atoms in total. The van der Waals surface area contributed by atoms with E-state index in [1.807, 2.05) is 18.2 Å². The summed E-state index contributed by atoms with van der Waals surface area (Å²) < 4.78 is 0. The number of hydrogen-bond donors (Lipinski definition) is 1. The molecule has 0 bridgehead atoms. The molecule has 1 amide bonds. The molecule has 3 heteroatoms. The molecule has 0 saturated carbocycles.